The van der Waals surface area contributed by atoms with Crippen molar-refractivity contribution in [3.05, 3.63) is 81.3 Å². The molecule has 0 unspecified atom stereocenters. The van der Waals surface area contributed by atoms with Gasteiger partial charge in [-0.05, 0) is 55.5 Å². The topological polar surface area (TPSA) is 55.1 Å². The first-order chi connectivity index (χ1) is 13.8. The number of phenolic OH excluding ortho intramolecular Hbond substituents is 1. The molecule has 0 atom stereocenters. The number of hydrogen-bond donors (Lipinski definition) is 1. The number of aryl methyl sites for hydroxylation is 2. The molecule has 0 fully saturated rings. The van der Waals surface area contributed by atoms with Gasteiger partial charge in [0.25, 0.3) is 5.56 Å². The van der Waals surface area contributed by atoms with E-state index >= 15 is 0 Å². The van der Waals surface area contributed by atoms with Crippen LogP contribution in [0, 0.1) is 24.5 Å². The van der Waals surface area contributed by atoms with Gasteiger partial charge in [0.15, 0.2) is 11.6 Å². The number of phenols is 1. The van der Waals surface area contributed by atoms with Crippen LogP contribution in [0.1, 0.15) is 30.7 Å². The SMILES string of the molecule is Cc1nc(-c2cccc(F)c2O)n(CCc2cccc(F)c2)c(=O)c1CC(C)C. The molecular weight excluding hydrogens is 374 g/mol. The van der Waals surface area contributed by atoms with Crippen LogP contribution < -0.4 is 5.56 Å². The summed E-state index contributed by atoms with van der Waals surface area (Å²) in [6.07, 6.45) is 0.958. The second-order valence-electron chi connectivity index (χ2n) is 7.57. The molecule has 152 valence electrons. The summed E-state index contributed by atoms with van der Waals surface area (Å²) in [4.78, 5) is 17.8. The highest BCUT2D eigenvalue weighted by molar-refractivity contribution is 5.64. The highest BCUT2D eigenvalue weighted by Crippen LogP contribution is 2.30. The molecule has 0 spiro atoms. The molecule has 3 rings (SSSR count). The Morgan fingerprint density at radius 2 is 1.86 bits per heavy atom. The summed E-state index contributed by atoms with van der Waals surface area (Å²) in [7, 11) is 0. The van der Waals surface area contributed by atoms with Crippen molar-refractivity contribution in [3.63, 3.8) is 0 Å². The van der Waals surface area contributed by atoms with E-state index in [1.807, 2.05) is 13.8 Å². The second-order valence-corrected chi connectivity index (χ2v) is 7.57. The maximum atomic E-state index is 13.9. The summed E-state index contributed by atoms with van der Waals surface area (Å²) in [5.74, 6) is -1.21. The van der Waals surface area contributed by atoms with Gasteiger partial charge in [0, 0.05) is 17.8 Å². The lowest BCUT2D eigenvalue weighted by molar-refractivity contribution is 0.433. The number of halogens is 2. The van der Waals surface area contributed by atoms with Gasteiger partial charge in [-0.15, -0.1) is 0 Å². The quantitative estimate of drug-likeness (QED) is 0.658. The molecule has 1 N–H and O–H groups in total. The fraction of sp³-hybridized carbons (Fsp3) is 0.304. The number of nitrogens with zero attached hydrogens (tertiary/aromatic N) is 2. The molecule has 0 amide bonds. The third-order valence-electron chi connectivity index (χ3n) is 4.82. The van der Waals surface area contributed by atoms with Crippen LogP contribution in [0.2, 0.25) is 0 Å². The van der Waals surface area contributed by atoms with Gasteiger partial charge >= 0.3 is 0 Å². The van der Waals surface area contributed by atoms with E-state index in [0.29, 0.717) is 24.1 Å². The molecule has 2 aromatic carbocycles. The minimum atomic E-state index is -0.780. The van der Waals surface area contributed by atoms with Crippen LogP contribution in [0.3, 0.4) is 0 Å². The van der Waals surface area contributed by atoms with Gasteiger partial charge in [-0.2, -0.15) is 0 Å². The normalized spacial score (nSPS) is 11.2. The van der Waals surface area contributed by atoms with E-state index < -0.39 is 11.6 Å². The van der Waals surface area contributed by atoms with Crippen LogP contribution in [0.4, 0.5) is 8.78 Å². The maximum absolute atomic E-state index is 13.9. The summed E-state index contributed by atoms with van der Waals surface area (Å²) in [6.45, 7) is 6.01. The lowest BCUT2D eigenvalue weighted by atomic mass is 10.0. The lowest BCUT2D eigenvalue weighted by Gasteiger charge is -2.18. The Morgan fingerprint density at radius 3 is 2.55 bits per heavy atom. The first-order valence-electron chi connectivity index (χ1n) is 9.60. The number of para-hydroxylation sites is 1. The maximum Gasteiger partial charge on any atom is 0.257 e. The van der Waals surface area contributed by atoms with Crippen LogP contribution in [0.5, 0.6) is 5.75 Å². The van der Waals surface area contributed by atoms with Crippen LogP contribution >= 0.6 is 0 Å². The standard InChI is InChI=1S/C23H24F2N2O2/c1-14(2)12-19-15(3)26-22(18-8-5-9-20(25)21(18)28)27(23(19)29)11-10-16-6-4-7-17(24)13-16/h4-9,13-14,28H,10-12H2,1-3H3. The number of hydrogen-bond acceptors (Lipinski definition) is 3. The van der Waals surface area contributed by atoms with Gasteiger partial charge in [0.1, 0.15) is 11.6 Å². The monoisotopic (exact) mass is 398 g/mol. The van der Waals surface area contributed by atoms with Crippen molar-refractivity contribution in [1.29, 1.82) is 0 Å². The van der Waals surface area contributed by atoms with Crippen molar-refractivity contribution in [2.75, 3.05) is 0 Å². The zero-order valence-electron chi connectivity index (χ0n) is 16.7. The Bertz CT molecular complexity index is 1090. The average molecular weight is 398 g/mol. The number of rotatable bonds is 6. The molecule has 0 saturated carbocycles. The average Bonchev–Trinajstić information content (AvgIpc) is 2.66. The molecule has 0 aliphatic heterocycles. The van der Waals surface area contributed by atoms with E-state index in [1.165, 1.54) is 28.8 Å². The summed E-state index contributed by atoms with van der Waals surface area (Å²) in [6, 6.07) is 10.3. The summed E-state index contributed by atoms with van der Waals surface area (Å²) in [5, 5.41) is 10.2. The van der Waals surface area contributed by atoms with Crippen LogP contribution in [0.15, 0.2) is 47.3 Å². The van der Waals surface area contributed by atoms with Crippen LogP contribution in [-0.4, -0.2) is 14.7 Å². The first kappa shape index (κ1) is 20.7. The van der Waals surface area contributed by atoms with Crippen molar-refractivity contribution in [3.8, 4) is 17.1 Å². The largest absolute Gasteiger partial charge is 0.504 e. The lowest BCUT2D eigenvalue weighted by Crippen LogP contribution is -2.29. The van der Waals surface area contributed by atoms with Gasteiger partial charge in [-0.25, -0.2) is 13.8 Å². The summed E-state index contributed by atoms with van der Waals surface area (Å²) >= 11 is 0. The Hall–Kier alpha value is -3.02. The molecular formula is C23H24F2N2O2. The van der Waals surface area contributed by atoms with E-state index in [0.717, 1.165) is 11.6 Å². The van der Waals surface area contributed by atoms with Gasteiger partial charge in [-0.1, -0.05) is 32.0 Å². The fourth-order valence-corrected chi connectivity index (χ4v) is 3.39. The molecule has 3 aromatic rings. The second kappa shape index (κ2) is 8.55. The number of aromatic hydroxyl groups is 1. The van der Waals surface area contributed by atoms with Crippen molar-refractivity contribution < 1.29 is 13.9 Å². The first-order valence-corrected chi connectivity index (χ1v) is 9.60. The van der Waals surface area contributed by atoms with Crippen molar-refractivity contribution >= 4 is 0 Å². The van der Waals surface area contributed by atoms with Gasteiger partial charge in [-0.3, -0.25) is 9.36 Å². The minimum absolute atomic E-state index is 0.153. The Balaban J connectivity index is 2.13. The molecule has 0 radical (unpaired) electrons. The molecule has 0 aliphatic rings. The van der Waals surface area contributed by atoms with Crippen LogP contribution in [-0.2, 0) is 19.4 Å². The fourth-order valence-electron chi connectivity index (χ4n) is 3.39. The Labute approximate surface area is 168 Å². The molecule has 0 saturated heterocycles. The number of benzene rings is 2. The van der Waals surface area contributed by atoms with Gasteiger partial charge < -0.3 is 5.11 Å². The minimum Gasteiger partial charge on any atom is -0.504 e. The molecule has 0 bridgehead atoms. The smallest absolute Gasteiger partial charge is 0.257 e. The molecule has 29 heavy (non-hydrogen) atoms. The third kappa shape index (κ3) is 4.53. The van der Waals surface area contributed by atoms with E-state index in [9.17, 15) is 18.7 Å². The zero-order valence-corrected chi connectivity index (χ0v) is 16.7. The predicted molar refractivity (Wildman–Crippen MR) is 109 cm³/mol. The van der Waals surface area contributed by atoms with Crippen molar-refractivity contribution in [1.82, 2.24) is 9.55 Å². The van der Waals surface area contributed by atoms with Crippen molar-refractivity contribution in [2.24, 2.45) is 5.92 Å². The highest BCUT2D eigenvalue weighted by Gasteiger charge is 2.19. The summed E-state index contributed by atoms with van der Waals surface area (Å²) in [5.41, 5.74) is 1.82. The molecule has 0 aliphatic carbocycles. The Kier molecular flexibility index (Phi) is 6.11. The molecule has 4 nitrogen and oxygen atoms in total. The molecule has 1 heterocycles. The third-order valence-corrected chi connectivity index (χ3v) is 4.82. The highest BCUT2D eigenvalue weighted by atomic mass is 19.1. The molecule has 6 heteroatoms. The zero-order chi connectivity index (χ0) is 21.1. The van der Waals surface area contributed by atoms with E-state index in [1.54, 1.807) is 19.1 Å². The van der Waals surface area contributed by atoms with Crippen molar-refractivity contribution in [2.45, 2.75) is 40.2 Å². The van der Waals surface area contributed by atoms with E-state index in [-0.39, 0.29) is 35.2 Å². The predicted octanol–water partition coefficient (Wildman–Crippen LogP) is 4.64. The van der Waals surface area contributed by atoms with Gasteiger partial charge in [0.2, 0.25) is 0 Å². The van der Waals surface area contributed by atoms with E-state index in [2.05, 4.69) is 4.98 Å². The Morgan fingerprint density at radius 1 is 1.14 bits per heavy atom. The van der Waals surface area contributed by atoms with Gasteiger partial charge in [0.05, 0.1) is 5.56 Å². The summed E-state index contributed by atoms with van der Waals surface area (Å²) < 4.78 is 28.9. The van der Waals surface area contributed by atoms with Crippen LogP contribution in [0.25, 0.3) is 11.4 Å². The van der Waals surface area contributed by atoms with E-state index in [4.69, 9.17) is 0 Å². The number of aromatic nitrogens is 2. The molecule has 1 aromatic heterocycles.